The maximum absolute atomic E-state index is 12.3. The van der Waals surface area contributed by atoms with Gasteiger partial charge in [0.05, 0.1) is 0 Å². The second kappa shape index (κ2) is 6.77. The summed E-state index contributed by atoms with van der Waals surface area (Å²) in [6, 6.07) is 2.79. The summed E-state index contributed by atoms with van der Waals surface area (Å²) < 4.78 is 40.7. The first-order valence-corrected chi connectivity index (χ1v) is 6.98. The standard InChI is InChI=1S/C16H15F3N2O3/c1-3-14(22)21-8-4-5-13(21)15(23)20-12-9-11(7-6-10(12)2)24-16(17,18)19/h3-7,9,13H,1,8H2,2H3,(H,20,23)/t13-/m0/s1. The number of amides is 2. The second-order valence-corrected chi connectivity index (χ2v) is 5.08. The summed E-state index contributed by atoms with van der Waals surface area (Å²) in [5.74, 6) is -1.39. The number of nitrogens with one attached hydrogen (secondary N) is 1. The molecule has 5 nitrogen and oxygen atoms in total. The smallest absolute Gasteiger partial charge is 0.406 e. The van der Waals surface area contributed by atoms with Gasteiger partial charge in [-0.25, -0.2) is 0 Å². The van der Waals surface area contributed by atoms with Crippen LogP contribution in [0.15, 0.2) is 43.0 Å². The Morgan fingerprint density at radius 2 is 2.12 bits per heavy atom. The van der Waals surface area contributed by atoms with Gasteiger partial charge in [0, 0.05) is 18.3 Å². The van der Waals surface area contributed by atoms with E-state index in [0.717, 1.165) is 18.2 Å². The number of carbonyl (C=O) groups excluding carboxylic acids is 2. The number of anilines is 1. The molecule has 0 bridgehead atoms. The third-order valence-electron chi connectivity index (χ3n) is 3.38. The van der Waals surface area contributed by atoms with Crippen molar-refractivity contribution in [3.05, 3.63) is 48.6 Å². The average Bonchev–Trinajstić information content (AvgIpc) is 2.98. The lowest BCUT2D eigenvalue weighted by Gasteiger charge is -2.23. The first-order chi connectivity index (χ1) is 11.2. The van der Waals surface area contributed by atoms with Gasteiger partial charge in [0.25, 0.3) is 5.91 Å². The maximum atomic E-state index is 12.3. The molecule has 1 aromatic rings. The van der Waals surface area contributed by atoms with Gasteiger partial charge >= 0.3 is 6.36 Å². The van der Waals surface area contributed by atoms with Crippen LogP contribution in [0.4, 0.5) is 18.9 Å². The molecule has 1 atom stereocenters. The molecule has 0 fully saturated rings. The molecular formula is C16H15F3N2O3. The molecular weight excluding hydrogens is 325 g/mol. The van der Waals surface area contributed by atoms with Gasteiger partial charge in [-0.2, -0.15) is 0 Å². The Morgan fingerprint density at radius 1 is 1.42 bits per heavy atom. The molecule has 0 saturated heterocycles. The van der Waals surface area contributed by atoms with Crippen LogP contribution in [-0.2, 0) is 9.59 Å². The number of halogens is 3. The van der Waals surface area contributed by atoms with E-state index in [1.807, 2.05) is 0 Å². The van der Waals surface area contributed by atoms with Crippen molar-refractivity contribution in [3.63, 3.8) is 0 Å². The van der Waals surface area contributed by atoms with Crippen LogP contribution in [0, 0.1) is 6.92 Å². The number of ether oxygens (including phenoxy) is 1. The molecule has 0 spiro atoms. The van der Waals surface area contributed by atoms with Crippen molar-refractivity contribution in [3.8, 4) is 5.75 Å². The summed E-state index contributed by atoms with van der Waals surface area (Å²) in [5, 5.41) is 2.52. The third kappa shape index (κ3) is 4.15. The molecule has 0 unspecified atom stereocenters. The molecule has 1 aliphatic heterocycles. The summed E-state index contributed by atoms with van der Waals surface area (Å²) in [5.41, 5.74) is 0.731. The lowest BCUT2D eigenvalue weighted by atomic mass is 10.1. The Hall–Kier alpha value is -2.77. The van der Waals surface area contributed by atoms with Gasteiger partial charge < -0.3 is 15.0 Å². The fourth-order valence-electron chi connectivity index (χ4n) is 2.23. The molecule has 1 aliphatic rings. The van der Waals surface area contributed by atoms with Crippen molar-refractivity contribution >= 4 is 17.5 Å². The maximum Gasteiger partial charge on any atom is 0.573 e. The van der Waals surface area contributed by atoms with Crippen LogP contribution in [0.5, 0.6) is 5.75 Å². The van der Waals surface area contributed by atoms with Crippen LogP contribution in [-0.4, -0.2) is 35.7 Å². The van der Waals surface area contributed by atoms with Gasteiger partial charge in [0.2, 0.25) is 5.91 Å². The van der Waals surface area contributed by atoms with Gasteiger partial charge in [0.1, 0.15) is 11.8 Å². The number of nitrogens with zero attached hydrogens (tertiary/aromatic N) is 1. The molecule has 1 N–H and O–H groups in total. The Bertz CT molecular complexity index is 698. The van der Waals surface area contributed by atoms with Crippen LogP contribution in [0.2, 0.25) is 0 Å². The van der Waals surface area contributed by atoms with Gasteiger partial charge in [0.15, 0.2) is 0 Å². The Labute approximate surface area is 136 Å². The number of alkyl halides is 3. The normalized spacial score (nSPS) is 16.8. The van der Waals surface area contributed by atoms with E-state index < -0.39 is 30.0 Å². The van der Waals surface area contributed by atoms with Gasteiger partial charge in [-0.1, -0.05) is 24.8 Å². The fourth-order valence-corrected chi connectivity index (χ4v) is 2.23. The third-order valence-corrected chi connectivity index (χ3v) is 3.38. The number of rotatable bonds is 4. The summed E-state index contributed by atoms with van der Waals surface area (Å²) in [6.07, 6.45) is -0.530. The van der Waals surface area contributed by atoms with Crippen molar-refractivity contribution in [2.24, 2.45) is 0 Å². The van der Waals surface area contributed by atoms with E-state index in [1.165, 1.54) is 11.0 Å². The summed E-state index contributed by atoms with van der Waals surface area (Å²) in [7, 11) is 0. The summed E-state index contributed by atoms with van der Waals surface area (Å²) in [4.78, 5) is 25.3. The van der Waals surface area contributed by atoms with Crippen molar-refractivity contribution in [1.82, 2.24) is 4.90 Å². The van der Waals surface area contributed by atoms with Crippen LogP contribution >= 0.6 is 0 Å². The van der Waals surface area contributed by atoms with Gasteiger partial charge in [-0.15, -0.1) is 13.2 Å². The number of benzene rings is 1. The van der Waals surface area contributed by atoms with E-state index in [4.69, 9.17) is 0 Å². The molecule has 0 aliphatic carbocycles. The highest BCUT2D eigenvalue weighted by atomic mass is 19.4. The highest BCUT2D eigenvalue weighted by Gasteiger charge is 2.32. The number of carbonyl (C=O) groups is 2. The lowest BCUT2D eigenvalue weighted by molar-refractivity contribution is -0.274. The Kier molecular flexibility index (Phi) is 4.96. The summed E-state index contributed by atoms with van der Waals surface area (Å²) >= 11 is 0. The number of hydrogen-bond acceptors (Lipinski definition) is 3. The topological polar surface area (TPSA) is 58.6 Å². The Balaban J connectivity index is 2.16. The Morgan fingerprint density at radius 3 is 2.75 bits per heavy atom. The minimum Gasteiger partial charge on any atom is -0.406 e. The zero-order chi connectivity index (χ0) is 17.9. The molecule has 128 valence electrons. The van der Waals surface area contributed by atoms with Gasteiger partial charge in [-0.05, 0) is 24.6 Å². The van der Waals surface area contributed by atoms with Crippen LogP contribution in [0.3, 0.4) is 0 Å². The largest absolute Gasteiger partial charge is 0.573 e. The van der Waals surface area contributed by atoms with E-state index >= 15 is 0 Å². The molecule has 1 aromatic carbocycles. The monoisotopic (exact) mass is 340 g/mol. The second-order valence-electron chi connectivity index (χ2n) is 5.08. The molecule has 0 radical (unpaired) electrons. The molecule has 2 amide bonds. The van der Waals surface area contributed by atoms with E-state index in [2.05, 4.69) is 16.6 Å². The number of hydrogen-bond donors (Lipinski definition) is 1. The zero-order valence-electron chi connectivity index (χ0n) is 12.8. The van der Waals surface area contributed by atoms with Gasteiger partial charge in [-0.3, -0.25) is 9.59 Å². The predicted molar refractivity (Wildman–Crippen MR) is 81.3 cm³/mol. The molecule has 24 heavy (non-hydrogen) atoms. The predicted octanol–water partition coefficient (Wildman–Crippen LogP) is 2.79. The van der Waals surface area contributed by atoms with E-state index in [-0.39, 0.29) is 12.2 Å². The highest BCUT2D eigenvalue weighted by molar-refractivity contribution is 6.01. The quantitative estimate of drug-likeness (QED) is 0.677. The minimum absolute atomic E-state index is 0.174. The SMILES string of the molecule is C=CC(=O)N1CC=C[C@H]1C(=O)Nc1cc(OC(F)(F)F)ccc1C. The van der Waals surface area contributed by atoms with E-state index in [1.54, 1.807) is 19.1 Å². The molecule has 1 heterocycles. The highest BCUT2D eigenvalue weighted by Crippen LogP contribution is 2.27. The lowest BCUT2D eigenvalue weighted by Crippen LogP contribution is -2.42. The van der Waals surface area contributed by atoms with Crippen molar-refractivity contribution in [2.75, 3.05) is 11.9 Å². The first kappa shape index (κ1) is 17.6. The van der Waals surface area contributed by atoms with Crippen LogP contribution < -0.4 is 10.1 Å². The number of aryl methyl sites for hydroxylation is 1. The van der Waals surface area contributed by atoms with Crippen LogP contribution in [0.25, 0.3) is 0 Å². The van der Waals surface area contributed by atoms with Crippen molar-refractivity contribution < 1.29 is 27.5 Å². The average molecular weight is 340 g/mol. The molecule has 2 rings (SSSR count). The zero-order valence-corrected chi connectivity index (χ0v) is 12.8. The van der Waals surface area contributed by atoms with E-state index in [9.17, 15) is 22.8 Å². The summed E-state index contributed by atoms with van der Waals surface area (Å²) in [6.45, 7) is 5.26. The van der Waals surface area contributed by atoms with E-state index in [0.29, 0.717) is 5.56 Å². The minimum atomic E-state index is -4.82. The van der Waals surface area contributed by atoms with Crippen molar-refractivity contribution in [2.45, 2.75) is 19.3 Å². The van der Waals surface area contributed by atoms with Crippen LogP contribution in [0.1, 0.15) is 5.56 Å². The molecule has 8 heteroatoms. The van der Waals surface area contributed by atoms with Crippen molar-refractivity contribution in [1.29, 1.82) is 0 Å². The first-order valence-electron chi connectivity index (χ1n) is 6.98. The molecule has 0 aromatic heterocycles. The molecule has 0 saturated carbocycles. The fraction of sp³-hybridized carbons (Fsp3) is 0.250.